The molecule has 0 fully saturated rings. The first-order valence-corrected chi connectivity index (χ1v) is 6.25. The van der Waals surface area contributed by atoms with Gasteiger partial charge in [0, 0.05) is 22.4 Å². The first-order valence-electron chi connectivity index (χ1n) is 5.45. The van der Waals surface area contributed by atoms with Gasteiger partial charge in [-0.15, -0.1) is 0 Å². The smallest absolute Gasteiger partial charge is 0.0444 e. The fourth-order valence-corrected chi connectivity index (χ4v) is 2.64. The normalized spacial score (nSPS) is 13.9. The fraction of sp³-hybridized carbons (Fsp3) is 0.143. The maximum absolute atomic E-state index is 3.52. The minimum Gasteiger partial charge on any atom is -0.341 e. The molecule has 16 heavy (non-hydrogen) atoms. The Morgan fingerprint density at radius 1 is 1.00 bits per heavy atom. The number of halogens is 1. The van der Waals surface area contributed by atoms with Gasteiger partial charge in [0.25, 0.3) is 0 Å². The van der Waals surface area contributed by atoms with Crippen molar-refractivity contribution in [3.05, 3.63) is 58.6 Å². The van der Waals surface area contributed by atoms with Crippen molar-refractivity contribution in [3.63, 3.8) is 0 Å². The molecular weight excluding hydrogens is 262 g/mol. The van der Waals surface area contributed by atoms with Crippen LogP contribution in [0.2, 0.25) is 0 Å². The lowest BCUT2D eigenvalue weighted by atomic mass is 10.2. The van der Waals surface area contributed by atoms with E-state index in [1.807, 2.05) is 0 Å². The monoisotopic (exact) mass is 273 g/mol. The summed E-state index contributed by atoms with van der Waals surface area (Å²) in [5.74, 6) is 0. The highest BCUT2D eigenvalue weighted by atomic mass is 79.9. The molecule has 0 bridgehead atoms. The molecule has 0 atom stereocenters. The van der Waals surface area contributed by atoms with Crippen LogP contribution in [0.3, 0.4) is 0 Å². The zero-order valence-electron chi connectivity index (χ0n) is 8.86. The number of nitrogens with zero attached hydrogens (tertiary/aromatic N) is 1. The van der Waals surface area contributed by atoms with Crippen LogP contribution in [0.4, 0.5) is 11.4 Å². The Bertz CT molecular complexity index is 522. The predicted molar refractivity (Wildman–Crippen MR) is 71.3 cm³/mol. The number of hydrogen-bond donors (Lipinski definition) is 0. The summed E-state index contributed by atoms with van der Waals surface area (Å²) in [6, 6.07) is 17.1. The van der Waals surface area contributed by atoms with Gasteiger partial charge in [0.05, 0.1) is 0 Å². The van der Waals surface area contributed by atoms with Crippen LogP contribution >= 0.6 is 15.9 Å². The van der Waals surface area contributed by atoms with E-state index < -0.39 is 0 Å². The zero-order chi connectivity index (χ0) is 11.0. The Balaban J connectivity index is 2.05. The SMILES string of the molecule is Brc1cccc(N2CCc3ccccc32)c1. The molecule has 0 radical (unpaired) electrons. The molecule has 0 N–H and O–H groups in total. The highest BCUT2D eigenvalue weighted by Gasteiger charge is 2.19. The molecule has 2 aromatic carbocycles. The molecule has 2 heteroatoms. The number of anilines is 2. The third-order valence-corrected chi connectivity index (χ3v) is 3.50. The Kier molecular flexibility index (Phi) is 2.44. The average molecular weight is 274 g/mol. The van der Waals surface area contributed by atoms with Crippen LogP contribution in [0.1, 0.15) is 5.56 Å². The van der Waals surface area contributed by atoms with Crippen molar-refractivity contribution in [1.82, 2.24) is 0 Å². The van der Waals surface area contributed by atoms with E-state index in [1.54, 1.807) is 0 Å². The first kappa shape index (κ1) is 9.91. The minimum atomic E-state index is 1.08. The molecule has 1 nitrogen and oxygen atoms in total. The lowest BCUT2D eigenvalue weighted by molar-refractivity contribution is 0.998. The summed E-state index contributed by atoms with van der Waals surface area (Å²) in [6.07, 6.45) is 1.14. The molecule has 0 saturated carbocycles. The van der Waals surface area contributed by atoms with Crippen LogP contribution in [0, 0.1) is 0 Å². The van der Waals surface area contributed by atoms with Gasteiger partial charge >= 0.3 is 0 Å². The summed E-state index contributed by atoms with van der Waals surface area (Å²) >= 11 is 3.52. The van der Waals surface area contributed by atoms with Crippen LogP contribution in [0.25, 0.3) is 0 Å². The Hall–Kier alpha value is -1.28. The van der Waals surface area contributed by atoms with Gasteiger partial charge in [-0.1, -0.05) is 40.2 Å². The second-order valence-corrected chi connectivity index (χ2v) is 4.93. The third kappa shape index (κ3) is 1.63. The molecule has 80 valence electrons. The topological polar surface area (TPSA) is 3.24 Å². The molecule has 0 amide bonds. The van der Waals surface area contributed by atoms with Gasteiger partial charge < -0.3 is 4.90 Å². The molecule has 3 rings (SSSR count). The van der Waals surface area contributed by atoms with E-state index in [9.17, 15) is 0 Å². The van der Waals surface area contributed by atoms with E-state index in [4.69, 9.17) is 0 Å². The third-order valence-electron chi connectivity index (χ3n) is 3.01. The summed E-state index contributed by atoms with van der Waals surface area (Å²) in [6.45, 7) is 1.08. The number of para-hydroxylation sites is 1. The summed E-state index contributed by atoms with van der Waals surface area (Å²) in [7, 11) is 0. The molecule has 2 aromatic rings. The molecule has 1 heterocycles. The summed E-state index contributed by atoms with van der Waals surface area (Å²) < 4.78 is 1.13. The van der Waals surface area contributed by atoms with Crippen molar-refractivity contribution >= 4 is 27.3 Å². The van der Waals surface area contributed by atoms with Gasteiger partial charge in [0.1, 0.15) is 0 Å². The van der Waals surface area contributed by atoms with Crippen LogP contribution < -0.4 is 4.90 Å². The van der Waals surface area contributed by atoms with Gasteiger partial charge in [-0.2, -0.15) is 0 Å². The summed E-state index contributed by atoms with van der Waals surface area (Å²) in [5.41, 5.74) is 4.06. The minimum absolute atomic E-state index is 1.08. The standard InChI is InChI=1S/C14H12BrN/c15-12-5-3-6-13(10-12)16-9-8-11-4-1-2-7-14(11)16/h1-7,10H,8-9H2. The van der Waals surface area contributed by atoms with E-state index in [0.29, 0.717) is 0 Å². The van der Waals surface area contributed by atoms with E-state index in [0.717, 1.165) is 17.4 Å². The van der Waals surface area contributed by atoms with Crippen LogP contribution in [-0.4, -0.2) is 6.54 Å². The van der Waals surface area contributed by atoms with Crippen LogP contribution in [-0.2, 0) is 6.42 Å². The largest absolute Gasteiger partial charge is 0.341 e. The van der Waals surface area contributed by atoms with Gasteiger partial charge in [-0.05, 0) is 36.2 Å². The average Bonchev–Trinajstić information content (AvgIpc) is 2.72. The number of hydrogen-bond acceptors (Lipinski definition) is 1. The first-order chi connectivity index (χ1) is 7.84. The maximum Gasteiger partial charge on any atom is 0.0444 e. The predicted octanol–water partition coefficient (Wildman–Crippen LogP) is 4.14. The van der Waals surface area contributed by atoms with Crippen LogP contribution in [0.5, 0.6) is 0 Å². The second-order valence-electron chi connectivity index (χ2n) is 4.01. The second kappa shape index (κ2) is 3.95. The van der Waals surface area contributed by atoms with Crippen LogP contribution in [0.15, 0.2) is 53.0 Å². The van der Waals surface area contributed by atoms with Gasteiger partial charge in [-0.3, -0.25) is 0 Å². The summed E-state index contributed by atoms with van der Waals surface area (Å²) in [5, 5.41) is 0. The molecule has 0 unspecified atom stereocenters. The molecule has 0 aromatic heterocycles. The maximum atomic E-state index is 3.52. The van der Waals surface area contributed by atoms with E-state index >= 15 is 0 Å². The molecule has 0 saturated heterocycles. The van der Waals surface area contributed by atoms with E-state index in [-0.39, 0.29) is 0 Å². The Morgan fingerprint density at radius 3 is 2.75 bits per heavy atom. The lowest BCUT2D eigenvalue weighted by Crippen LogP contribution is -2.12. The van der Waals surface area contributed by atoms with Crippen molar-refractivity contribution in [3.8, 4) is 0 Å². The summed E-state index contributed by atoms with van der Waals surface area (Å²) in [4.78, 5) is 2.38. The van der Waals surface area contributed by atoms with Gasteiger partial charge in [-0.25, -0.2) is 0 Å². The lowest BCUT2D eigenvalue weighted by Gasteiger charge is -2.19. The highest BCUT2D eigenvalue weighted by molar-refractivity contribution is 9.10. The molecule has 1 aliphatic heterocycles. The van der Waals surface area contributed by atoms with Crippen molar-refractivity contribution in [2.24, 2.45) is 0 Å². The zero-order valence-corrected chi connectivity index (χ0v) is 10.4. The molecule has 0 spiro atoms. The van der Waals surface area contributed by atoms with Crippen molar-refractivity contribution in [1.29, 1.82) is 0 Å². The number of rotatable bonds is 1. The van der Waals surface area contributed by atoms with Crippen molar-refractivity contribution < 1.29 is 0 Å². The van der Waals surface area contributed by atoms with Gasteiger partial charge in [0.15, 0.2) is 0 Å². The quantitative estimate of drug-likeness (QED) is 0.755. The Labute approximate surface area is 104 Å². The fourth-order valence-electron chi connectivity index (χ4n) is 2.25. The number of benzene rings is 2. The molecule has 0 aliphatic carbocycles. The van der Waals surface area contributed by atoms with Crippen molar-refractivity contribution in [2.75, 3.05) is 11.4 Å². The van der Waals surface area contributed by atoms with E-state index in [1.165, 1.54) is 16.9 Å². The van der Waals surface area contributed by atoms with E-state index in [2.05, 4.69) is 69.4 Å². The van der Waals surface area contributed by atoms with Gasteiger partial charge in [0.2, 0.25) is 0 Å². The molecular formula is C14H12BrN. The molecule has 1 aliphatic rings. The highest BCUT2D eigenvalue weighted by Crippen LogP contribution is 2.34. The van der Waals surface area contributed by atoms with Crippen molar-refractivity contribution in [2.45, 2.75) is 6.42 Å². The Morgan fingerprint density at radius 2 is 1.88 bits per heavy atom. The number of fused-ring (bicyclic) bond motifs is 1.